The van der Waals surface area contributed by atoms with Gasteiger partial charge in [-0.15, -0.1) is 0 Å². The number of fused-ring (bicyclic) bond motifs is 1. The van der Waals surface area contributed by atoms with Gasteiger partial charge in [-0.05, 0) is 43.2 Å². The molecule has 0 saturated carbocycles. The number of ether oxygens (including phenoxy) is 1. The number of methoxy groups -OCH3 is 1. The number of carbonyl (C=O) groups is 1. The SMILES string of the molecule is COc1ccccc1CNC(=O)c1cnn2c(C)c(Cc3cccc(Cl)c3)c(C)nc12. The fourth-order valence-corrected chi connectivity index (χ4v) is 3.91. The van der Waals surface area contributed by atoms with Gasteiger partial charge in [0.15, 0.2) is 5.65 Å². The highest BCUT2D eigenvalue weighted by Gasteiger charge is 2.18. The number of rotatable bonds is 6. The van der Waals surface area contributed by atoms with Crippen LogP contribution in [0.15, 0.2) is 54.7 Å². The van der Waals surface area contributed by atoms with Crippen molar-refractivity contribution < 1.29 is 9.53 Å². The van der Waals surface area contributed by atoms with Crippen LogP contribution in [-0.4, -0.2) is 27.6 Å². The lowest BCUT2D eigenvalue weighted by Gasteiger charge is -2.12. The average Bonchev–Trinajstić information content (AvgIpc) is 3.19. The fraction of sp³-hybridized carbons (Fsp3) is 0.208. The summed E-state index contributed by atoms with van der Waals surface area (Å²) in [6.07, 6.45) is 2.26. The van der Waals surface area contributed by atoms with Crippen molar-refractivity contribution in [3.63, 3.8) is 0 Å². The molecule has 0 spiro atoms. The number of aryl methyl sites for hydroxylation is 2. The summed E-state index contributed by atoms with van der Waals surface area (Å²) in [7, 11) is 1.61. The topological polar surface area (TPSA) is 68.5 Å². The minimum Gasteiger partial charge on any atom is -0.496 e. The number of hydrogen-bond acceptors (Lipinski definition) is 4. The standard InChI is InChI=1S/C24H23ClN4O2/c1-15-20(12-17-7-6-9-19(25)11-17)16(2)29-23(28-15)21(14-27-29)24(30)26-13-18-8-4-5-10-22(18)31-3/h4-11,14H,12-13H2,1-3H3,(H,26,30). The number of nitrogens with zero attached hydrogens (tertiary/aromatic N) is 3. The van der Waals surface area contributed by atoms with Crippen LogP contribution < -0.4 is 10.1 Å². The van der Waals surface area contributed by atoms with Crippen LogP contribution in [0.2, 0.25) is 5.02 Å². The zero-order valence-electron chi connectivity index (χ0n) is 17.6. The van der Waals surface area contributed by atoms with E-state index in [1.54, 1.807) is 17.8 Å². The Morgan fingerprint density at radius 3 is 2.74 bits per heavy atom. The minimum absolute atomic E-state index is 0.227. The maximum Gasteiger partial charge on any atom is 0.257 e. The van der Waals surface area contributed by atoms with Crippen molar-refractivity contribution in [2.75, 3.05) is 7.11 Å². The number of hydrogen-bond donors (Lipinski definition) is 1. The van der Waals surface area contributed by atoms with E-state index in [-0.39, 0.29) is 5.91 Å². The second kappa shape index (κ2) is 8.78. The third-order valence-corrected chi connectivity index (χ3v) is 5.59. The van der Waals surface area contributed by atoms with Gasteiger partial charge in [-0.3, -0.25) is 4.79 Å². The van der Waals surface area contributed by atoms with E-state index in [1.165, 1.54) is 0 Å². The third-order valence-electron chi connectivity index (χ3n) is 5.36. The van der Waals surface area contributed by atoms with E-state index in [9.17, 15) is 4.79 Å². The van der Waals surface area contributed by atoms with Crippen LogP contribution in [0.1, 0.15) is 38.4 Å². The molecule has 0 radical (unpaired) electrons. The number of benzene rings is 2. The number of aromatic nitrogens is 3. The summed E-state index contributed by atoms with van der Waals surface area (Å²) in [6, 6.07) is 15.4. The van der Waals surface area contributed by atoms with E-state index < -0.39 is 0 Å². The number of halogens is 1. The zero-order valence-corrected chi connectivity index (χ0v) is 18.4. The van der Waals surface area contributed by atoms with Crippen molar-refractivity contribution >= 4 is 23.2 Å². The van der Waals surface area contributed by atoms with Crippen molar-refractivity contribution in [1.29, 1.82) is 0 Å². The van der Waals surface area contributed by atoms with Crippen molar-refractivity contribution in [1.82, 2.24) is 19.9 Å². The van der Waals surface area contributed by atoms with E-state index in [0.29, 0.717) is 29.2 Å². The highest BCUT2D eigenvalue weighted by atomic mass is 35.5. The Kier molecular flexibility index (Phi) is 5.91. The normalized spacial score (nSPS) is 11.0. The predicted octanol–water partition coefficient (Wildman–Crippen LogP) is 4.53. The number of para-hydroxylation sites is 1. The Hall–Kier alpha value is -3.38. The largest absolute Gasteiger partial charge is 0.496 e. The monoisotopic (exact) mass is 434 g/mol. The highest BCUT2D eigenvalue weighted by molar-refractivity contribution is 6.30. The van der Waals surface area contributed by atoms with Gasteiger partial charge in [0.05, 0.1) is 13.3 Å². The molecule has 158 valence electrons. The minimum atomic E-state index is -0.227. The second-order valence-corrected chi connectivity index (χ2v) is 7.79. The van der Waals surface area contributed by atoms with Gasteiger partial charge in [0.1, 0.15) is 11.3 Å². The Bertz CT molecular complexity index is 1270. The summed E-state index contributed by atoms with van der Waals surface area (Å²) in [5.74, 6) is 0.507. The van der Waals surface area contributed by atoms with E-state index >= 15 is 0 Å². The van der Waals surface area contributed by atoms with Crippen LogP contribution >= 0.6 is 11.6 Å². The summed E-state index contributed by atoms with van der Waals surface area (Å²) in [6.45, 7) is 4.30. The molecule has 31 heavy (non-hydrogen) atoms. The molecule has 2 aromatic heterocycles. The molecule has 7 heteroatoms. The van der Waals surface area contributed by atoms with Gasteiger partial charge < -0.3 is 10.1 Å². The lowest BCUT2D eigenvalue weighted by Crippen LogP contribution is -2.23. The summed E-state index contributed by atoms with van der Waals surface area (Å²) >= 11 is 6.13. The smallest absolute Gasteiger partial charge is 0.257 e. The first-order valence-electron chi connectivity index (χ1n) is 9.96. The molecular weight excluding hydrogens is 412 g/mol. The van der Waals surface area contributed by atoms with Crippen LogP contribution in [0.4, 0.5) is 0 Å². The Labute approximate surface area is 185 Å². The Morgan fingerprint density at radius 1 is 1.16 bits per heavy atom. The molecule has 0 aliphatic rings. The third kappa shape index (κ3) is 4.25. The molecule has 0 atom stereocenters. The number of nitrogens with one attached hydrogen (secondary N) is 1. The molecular formula is C24H23ClN4O2. The van der Waals surface area contributed by atoms with Crippen LogP contribution in [0.5, 0.6) is 5.75 Å². The molecule has 1 N–H and O–H groups in total. The van der Waals surface area contributed by atoms with Gasteiger partial charge in [-0.25, -0.2) is 9.50 Å². The summed E-state index contributed by atoms with van der Waals surface area (Å²) in [5.41, 5.74) is 5.87. The van der Waals surface area contributed by atoms with Crippen LogP contribution in [-0.2, 0) is 13.0 Å². The molecule has 0 aliphatic heterocycles. The quantitative estimate of drug-likeness (QED) is 0.484. The molecule has 6 nitrogen and oxygen atoms in total. The van der Waals surface area contributed by atoms with Crippen molar-refractivity contribution in [3.8, 4) is 5.75 Å². The highest BCUT2D eigenvalue weighted by Crippen LogP contribution is 2.22. The number of amides is 1. The maximum absolute atomic E-state index is 12.9. The lowest BCUT2D eigenvalue weighted by atomic mass is 10.0. The molecule has 2 heterocycles. The average molecular weight is 435 g/mol. The molecule has 2 aromatic carbocycles. The summed E-state index contributed by atoms with van der Waals surface area (Å²) in [5, 5.41) is 8.08. The zero-order chi connectivity index (χ0) is 22.0. The van der Waals surface area contributed by atoms with Gasteiger partial charge in [0.2, 0.25) is 0 Å². The molecule has 0 bridgehead atoms. The van der Waals surface area contributed by atoms with Crippen LogP contribution in [0, 0.1) is 13.8 Å². The fourth-order valence-electron chi connectivity index (χ4n) is 3.70. The van der Waals surface area contributed by atoms with Crippen LogP contribution in [0.25, 0.3) is 5.65 Å². The van der Waals surface area contributed by atoms with Gasteiger partial charge in [-0.2, -0.15) is 5.10 Å². The van der Waals surface area contributed by atoms with Gasteiger partial charge in [-0.1, -0.05) is 41.9 Å². The van der Waals surface area contributed by atoms with E-state index in [4.69, 9.17) is 21.3 Å². The second-order valence-electron chi connectivity index (χ2n) is 7.36. The van der Waals surface area contributed by atoms with Gasteiger partial charge >= 0.3 is 0 Å². The molecule has 0 aliphatic carbocycles. The Balaban J connectivity index is 1.61. The number of carbonyl (C=O) groups excluding carboxylic acids is 1. The summed E-state index contributed by atoms with van der Waals surface area (Å²) < 4.78 is 7.08. The van der Waals surface area contributed by atoms with Crippen molar-refractivity contribution in [3.05, 3.63) is 93.4 Å². The predicted molar refractivity (Wildman–Crippen MR) is 121 cm³/mol. The van der Waals surface area contributed by atoms with Gasteiger partial charge in [0, 0.05) is 34.9 Å². The molecule has 1 amide bonds. The first-order chi connectivity index (χ1) is 15.0. The summed E-state index contributed by atoms with van der Waals surface area (Å²) in [4.78, 5) is 17.6. The molecule has 0 fully saturated rings. The lowest BCUT2D eigenvalue weighted by molar-refractivity contribution is 0.0952. The first-order valence-corrected chi connectivity index (χ1v) is 10.3. The first kappa shape index (κ1) is 20.9. The van der Waals surface area contributed by atoms with Crippen molar-refractivity contribution in [2.24, 2.45) is 0 Å². The van der Waals surface area contributed by atoms with E-state index in [0.717, 1.165) is 33.8 Å². The molecule has 4 aromatic rings. The molecule has 4 rings (SSSR count). The molecule has 0 saturated heterocycles. The maximum atomic E-state index is 12.9. The van der Waals surface area contributed by atoms with E-state index in [2.05, 4.69) is 10.4 Å². The molecule has 0 unspecified atom stereocenters. The van der Waals surface area contributed by atoms with E-state index in [1.807, 2.05) is 62.4 Å². The van der Waals surface area contributed by atoms with Gasteiger partial charge in [0.25, 0.3) is 5.91 Å². The Morgan fingerprint density at radius 2 is 1.97 bits per heavy atom. The van der Waals surface area contributed by atoms with Crippen molar-refractivity contribution in [2.45, 2.75) is 26.8 Å². The van der Waals surface area contributed by atoms with Crippen LogP contribution in [0.3, 0.4) is 0 Å².